The summed E-state index contributed by atoms with van der Waals surface area (Å²) in [6.45, 7) is 2.73. The van der Waals surface area contributed by atoms with Gasteiger partial charge in [0.1, 0.15) is 12.4 Å². The molecule has 0 amide bonds. The van der Waals surface area contributed by atoms with Crippen LogP contribution in [0.4, 0.5) is 0 Å². The van der Waals surface area contributed by atoms with Crippen molar-refractivity contribution in [3.63, 3.8) is 0 Å². The fraction of sp³-hybridized carbons (Fsp3) is 0.192. The highest BCUT2D eigenvalue weighted by Gasteiger charge is 2.26. The Balaban J connectivity index is 1.84. The van der Waals surface area contributed by atoms with Gasteiger partial charge in [0.25, 0.3) is 0 Å². The summed E-state index contributed by atoms with van der Waals surface area (Å²) >= 11 is 12.2. The molecule has 1 heterocycles. The summed E-state index contributed by atoms with van der Waals surface area (Å²) in [6, 6.07) is 18.9. The zero-order chi connectivity index (χ0) is 23.5. The summed E-state index contributed by atoms with van der Waals surface area (Å²) in [7, 11) is 1.49. The quantitative estimate of drug-likeness (QED) is 0.297. The largest absolute Gasteiger partial charge is 0.494 e. The van der Waals surface area contributed by atoms with E-state index in [0.29, 0.717) is 41.1 Å². The Hall–Kier alpha value is -3.15. The van der Waals surface area contributed by atoms with Gasteiger partial charge in [0, 0.05) is 17.5 Å². The maximum absolute atomic E-state index is 12.3. The lowest BCUT2D eigenvalue weighted by Crippen LogP contribution is -2.10. The minimum absolute atomic E-state index is 0.0773. The number of aromatic nitrogens is 1. The lowest BCUT2D eigenvalue weighted by Gasteiger charge is -2.13. The number of fused-ring (bicyclic) bond motifs is 1. The average molecular weight is 484 g/mol. The van der Waals surface area contributed by atoms with Crippen molar-refractivity contribution in [2.45, 2.75) is 26.5 Å². The molecule has 170 valence electrons. The van der Waals surface area contributed by atoms with Crippen LogP contribution < -0.4 is 9.47 Å². The Morgan fingerprint density at radius 2 is 1.76 bits per heavy atom. The van der Waals surface area contributed by atoms with Crippen LogP contribution in [0.5, 0.6) is 11.5 Å². The highest BCUT2D eigenvalue weighted by molar-refractivity contribution is 6.42. The molecular formula is C26H23Cl2NO4. The summed E-state index contributed by atoms with van der Waals surface area (Å²) in [4.78, 5) is 12.3. The fourth-order valence-electron chi connectivity index (χ4n) is 4.07. The van der Waals surface area contributed by atoms with Gasteiger partial charge >= 0.3 is 5.97 Å². The number of benzene rings is 3. The topological polar surface area (TPSA) is 60.7 Å². The Morgan fingerprint density at radius 3 is 2.39 bits per heavy atom. The van der Waals surface area contributed by atoms with Crippen molar-refractivity contribution in [2.75, 3.05) is 7.11 Å². The van der Waals surface area contributed by atoms with Crippen LogP contribution in [0.15, 0.2) is 60.7 Å². The number of hydrogen-bond donors (Lipinski definition) is 1. The van der Waals surface area contributed by atoms with E-state index in [1.54, 1.807) is 16.7 Å². The second-order valence-corrected chi connectivity index (χ2v) is 8.40. The first kappa shape index (κ1) is 23.0. The number of halogens is 2. The van der Waals surface area contributed by atoms with Crippen molar-refractivity contribution < 1.29 is 19.4 Å². The third kappa shape index (κ3) is 4.52. The van der Waals surface area contributed by atoms with Crippen molar-refractivity contribution in [3.05, 3.63) is 93.1 Å². The first-order valence-electron chi connectivity index (χ1n) is 10.5. The zero-order valence-corrected chi connectivity index (χ0v) is 19.8. The third-order valence-corrected chi connectivity index (χ3v) is 6.31. The molecule has 1 aromatic heterocycles. The Kier molecular flexibility index (Phi) is 6.82. The fourth-order valence-corrected chi connectivity index (χ4v) is 4.39. The number of rotatable bonds is 8. The number of aromatic carboxylic acids is 1. The van der Waals surface area contributed by atoms with E-state index in [1.165, 1.54) is 7.11 Å². The maximum atomic E-state index is 12.3. The Labute approximate surface area is 202 Å². The monoisotopic (exact) mass is 483 g/mol. The first-order valence-corrected chi connectivity index (χ1v) is 11.3. The van der Waals surface area contributed by atoms with Gasteiger partial charge in [0.05, 0.1) is 22.7 Å². The van der Waals surface area contributed by atoms with E-state index in [1.807, 2.05) is 55.5 Å². The molecular weight excluding hydrogens is 461 g/mol. The van der Waals surface area contributed by atoms with E-state index >= 15 is 0 Å². The molecule has 0 radical (unpaired) electrons. The van der Waals surface area contributed by atoms with Crippen molar-refractivity contribution in [2.24, 2.45) is 0 Å². The van der Waals surface area contributed by atoms with Gasteiger partial charge in [-0.2, -0.15) is 0 Å². The minimum atomic E-state index is -1.07. The number of methoxy groups -OCH3 is 1. The van der Waals surface area contributed by atoms with Crippen molar-refractivity contribution in [1.29, 1.82) is 0 Å². The molecule has 0 aliphatic heterocycles. The first-order chi connectivity index (χ1) is 15.9. The number of carboxylic acids is 1. The van der Waals surface area contributed by atoms with E-state index in [0.717, 1.165) is 27.6 Å². The van der Waals surface area contributed by atoms with Gasteiger partial charge in [-0.15, -0.1) is 0 Å². The minimum Gasteiger partial charge on any atom is -0.494 e. The van der Waals surface area contributed by atoms with Crippen LogP contribution in [0.2, 0.25) is 10.0 Å². The lowest BCUT2D eigenvalue weighted by molar-refractivity contribution is 0.0682. The number of hydrogen-bond acceptors (Lipinski definition) is 3. The molecule has 5 nitrogen and oxygen atoms in total. The third-order valence-electron chi connectivity index (χ3n) is 5.57. The van der Waals surface area contributed by atoms with Gasteiger partial charge < -0.3 is 19.1 Å². The second-order valence-electron chi connectivity index (χ2n) is 7.59. The molecule has 4 aromatic rings. The van der Waals surface area contributed by atoms with Gasteiger partial charge in [-0.25, -0.2) is 4.79 Å². The molecule has 4 rings (SSSR count). The van der Waals surface area contributed by atoms with E-state index in [4.69, 9.17) is 32.7 Å². The summed E-state index contributed by atoms with van der Waals surface area (Å²) < 4.78 is 13.5. The summed E-state index contributed by atoms with van der Waals surface area (Å²) in [5.74, 6) is -0.0488. The molecule has 0 aliphatic rings. The number of ether oxygens (including phenoxy) is 2. The normalized spacial score (nSPS) is 11.0. The van der Waals surface area contributed by atoms with Gasteiger partial charge in [-0.1, -0.05) is 66.5 Å². The van der Waals surface area contributed by atoms with Crippen LogP contribution >= 0.6 is 23.2 Å². The van der Waals surface area contributed by atoms with Crippen LogP contribution in [0, 0.1) is 0 Å². The molecule has 0 saturated heterocycles. The van der Waals surface area contributed by atoms with Gasteiger partial charge in [0.15, 0.2) is 11.4 Å². The summed E-state index contributed by atoms with van der Waals surface area (Å²) in [5, 5.41) is 11.7. The predicted octanol–water partition coefficient (Wildman–Crippen LogP) is 6.84. The standard InChI is InChI=1S/C26H23Cl2NO4/c1-3-18-22(33-15-16-7-5-4-6-8-16)12-11-21-23(18)25(32-2)24(26(30)31)29(21)14-17-9-10-19(27)20(28)13-17/h4-13H,3,14-15H2,1-2H3,(H,30,31). The number of carbonyl (C=O) groups is 1. The molecule has 7 heteroatoms. The zero-order valence-electron chi connectivity index (χ0n) is 18.3. The van der Waals surface area contributed by atoms with E-state index in [9.17, 15) is 9.90 Å². The molecule has 0 fully saturated rings. The van der Waals surface area contributed by atoms with E-state index in [-0.39, 0.29) is 5.69 Å². The number of carboxylic acid groups (broad SMARTS) is 1. The van der Waals surface area contributed by atoms with Crippen LogP contribution in [-0.4, -0.2) is 22.8 Å². The van der Waals surface area contributed by atoms with Crippen LogP contribution in [0.25, 0.3) is 10.9 Å². The summed E-state index contributed by atoms with van der Waals surface area (Å²) in [6.07, 6.45) is 0.646. The predicted molar refractivity (Wildman–Crippen MR) is 131 cm³/mol. The second kappa shape index (κ2) is 9.77. The molecule has 0 saturated carbocycles. The highest BCUT2D eigenvalue weighted by Crippen LogP contribution is 2.40. The Bertz CT molecular complexity index is 1320. The SMILES string of the molecule is CCc1c(OCc2ccccc2)ccc2c1c(OC)c(C(=O)O)n2Cc1ccc(Cl)c(Cl)c1. The smallest absolute Gasteiger partial charge is 0.356 e. The molecule has 0 unspecified atom stereocenters. The van der Waals surface area contributed by atoms with Gasteiger partial charge in [-0.3, -0.25) is 0 Å². The van der Waals surface area contributed by atoms with Crippen molar-refractivity contribution in [3.8, 4) is 11.5 Å². The van der Waals surface area contributed by atoms with E-state index in [2.05, 4.69) is 0 Å². The van der Waals surface area contributed by atoms with Crippen molar-refractivity contribution in [1.82, 2.24) is 4.57 Å². The maximum Gasteiger partial charge on any atom is 0.356 e. The molecule has 0 atom stereocenters. The lowest BCUT2D eigenvalue weighted by atomic mass is 10.1. The van der Waals surface area contributed by atoms with Crippen LogP contribution in [0.1, 0.15) is 34.1 Å². The molecule has 0 spiro atoms. The summed E-state index contributed by atoms with van der Waals surface area (Å²) in [5.41, 5.74) is 3.60. The van der Waals surface area contributed by atoms with Gasteiger partial charge in [-0.05, 0) is 41.8 Å². The van der Waals surface area contributed by atoms with Crippen molar-refractivity contribution >= 4 is 40.1 Å². The Morgan fingerprint density at radius 1 is 1.00 bits per heavy atom. The highest BCUT2D eigenvalue weighted by atomic mass is 35.5. The van der Waals surface area contributed by atoms with E-state index < -0.39 is 5.97 Å². The number of aryl methyl sites for hydroxylation is 1. The molecule has 33 heavy (non-hydrogen) atoms. The number of nitrogens with zero attached hydrogens (tertiary/aromatic N) is 1. The van der Waals surface area contributed by atoms with Gasteiger partial charge in [0.2, 0.25) is 0 Å². The van der Waals surface area contributed by atoms with Crippen LogP contribution in [-0.2, 0) is 19.6 Å². The molecule has 0 aliphatic carbocycles. The molecule has 1 N–H and O–H groups in total. The average Bonchev–Trinajstić information content (AvgIpc) is 3.14. The molecule has 0 bridgehead atoms. The van der Waals surface area contributed by atoms with Crippen LogP contribution in [0.3, 0.4) is 0 Å². The molecule has 3 aromatic carbocycles.